The monoisotopic (exact) mass is 164 g/mol. The van der Waals surface area contributed by atoms with Crippen LogP contribution >= 0.6 is 12.2 Å². The fourth-order valence-corrected chi connectivity index (χ4v) is 1.00. The quantitative estimate of drug-likeness (QED) is 0.628. The molecule has 0 aliphatic carbocycles. The van der Waals surface area contributed by atoms with Gasteiger partial charge in [-0.15, -0.1) is 0 Å². The zero-order chi connectivity index (χ0) is 8.10. The van der Waals surface area contributed by atoms with Crippen LogP contribution in [0.25, 0.3) is 0 Å². The molecular formula is C9H10NS. The highest BCUT2D eigenvalue weighted by molar-refractivity contribution is 7.80. The molecule has 0 aliphatic rings. The van der Waals surface area contributed by atoms with Crippen molar-refractivity contribution in [2.75, 3.05) is 0 Å². The van der Waals surface area contributed by atoms with Gasteiger partial charge in [0.2, 0.25) is 0 Å². The Labute approximate surface area is 72.2 Å². The molecule has 0 amide bonds. The molecule has 1 N–H and O–H groups in total. The highest BCUT2D eigenvalue weighted by atomic mass is 32.1. The van der Waals surface area contributed by atoms with Gasteiger partial charge >= 0.3 is 0 Å². The van der Waals surface area contributed by atoms with Crippen molar-refractivity contribution >= 4 is 17.2 Å². The second-order valence-corrected chi connectivity index (χ2v) is 2.90. The normalized spacial score (nSPS) is 9.45. The van der Waals surface area contributed by atoms with Gasteiger partial charge < -0.3 is 0 Å². The summed E-state index contributed by atoms with van der Waals surface area (Å²) in [5.41, 5.74) is 8.31. The topological polar surface area (TPSA) is 23.8 Å². The van der Waals surface area contributed by atoms with Gasteiger partial charge in [-0.25, -0.2) is 0 Å². The van der Waals surface area contributed by atoms with Crippen molar-refractivity contribution in [3.8, 4) is 0 Å². The molecule has 0 saturated heterocycles. The number of rotatable bonds is 3. The Morgan fingerprint density at radius 2 is 1.91 bits per heavy atom. The Morgan fingerprint density at radius 1 is 1.27 bits per heavy atom. The summed E-state index contributed by atoms with van der Waals surface area (Å²) in [5.74, 6) is 0. The summed E-state index contributed by atoms with van der Waals surface area (Å²) in [7, 11) is 0. The summed E-state index contributed by atoms with van der Waals surface area (Å²) < 4.78 is 0. The molecule has 0 saturated carbocycles. The number of nitrogens with one attached hydrogen (secondary N) is 1. The van der Waals surface area contributed by atoms with Crippen LogP contribution in [0.1, 0.15) is 12.0 Å². The van der Waals surface area contributed by atoms with Crippen LogP contribution < -0.4 is 5.73 Å². The Bertz CT molecular complexity index is 231. The second-order valence-electron chi connectivity index (χ2n) is 2.41. The predicted octanol–water partition coefficient (Wildman–Crippen LogP) is 2.23. The molecule has 11 heavy (non-hydrogen) atoms. The maximum absolute atomic E-state index is 7.06. The fraction of sp³-hybridized carbons (Fsp3) is 0.222. The standard InChI is InChI=1S/C9H10NS/c10-9(11)7-6-8-4-2-1-3-5-8/h1-5,10H,6-7H2. The van der Waals surface area contributed by atoms with Crippen molar-refractivity contribution < 1.29 is 0 Å². The van der Waals surface area contributed by atoms with Crippen molar-refractivity contribution in [2.24, 2.45) is 0 Å². The van der Waals surface area contributed by atoms with Crippen molar-refractivity contribution in [3.05, 3.63) is 35.9 Å². The number of hydrogen-bond acceptors (Lipinski definition) is 1. The van der Waals surface area contributed by atoms with Gasteiger partial charge in [-0.2, -0.15) is 0 Å². The summed E-state index contributed by atoms with van der Waals surface area (Å²) in [6, 6.07) is 10.1. The molecule has 1 rings (SSSR count). The van der Waals surface area contributed by atoms with Gasteiger partial charge in [0.15, 0.2) is 0 Å². The van der Waals surface area contributed by atoms with Crippen molar-refractivity contribution in [1.29, 1.82) is 0 Å². The lowest BCUT2D eigenvalue weighted by atomic mass is 10.1. The first-order valence-corrected chi connectivity index (χ1v) is 3.98. The molecular weight excluding hydrogens is 154 g/mol. The van der Waals surface area contributed by atoms with Crippen molar-refractivity contribution in [1.82, 2.24) is 5.73 Å². The molecule has 57 valence electrons. The first-order valence-electron chi connectivity index (χ1n) is 3.57. The third-order valence-electron chi connectivity index (χ3n) is 1.48. The number of thiocarbonyl (C=S) groups is 1. The number of hydrogen-bond donors (Lipinski definition) is 0. The van der Waals surface area contributed by atoms with Crippen molar-refractivity contribution in [2.45, 2.75) is 12.8 Å². The lowest BCUT2D eigenvalue weighted by Crippen LogP contribution is -1.96. The summed E-state index contributed by atoms with van der Waals surface area (Å²) in [5, 5.41) is 0. The van der Waals surface area contributed by atoms with E-state index in [1.807, 2.05) is 18.2 Å². The van der Waals surface area contributed by atoms with Gasteiger partial charge in [-0.3, -0.25) is 5.73 Å². The van der Waals surface area contributed by atoms with Crippen LogP contribution in [0.2, 0.25) is 0 Å². The molecule has 0 aliphatic heterocycles. The molecule has 1 radical (unpaired) electrons. The van der Waals surface area contributed by atoms with E-state index in [0.29, 0.717) is 11.4 Å². The SMILES string of the molecule is [NH]C(=S)CCc1ccccc1. The minimum absolute atomic E-state index is 0.342. The third kappa shape index (κ3) is 3.14. The Kier molecular flexibility index (Phi) is 3.05. The van der Waals surface area contributed by atoms with Crippen LogP contribution in [-0.2, 0) is 6.42 Å². The second kappa shape index (κ2) is 4.09. The highest BCUT2D eigenvalue weighted by Crippen LogP contribution is 2.01. The van der Waals surface area contributed by atoms with E-state index in [1.54, 1.807) is 0 Å². The van der Waals surface area contributed by atoms with Gasteiger partial charge in [-0.05, 0) is 12.0 Å². The maximum Gasteiger partial charge on any atom is 0.0943 e. The van der Waals surface area contributed by atoms with E-state index in [-0.39, 0.29) is 0 Å². The van der Waals surface area contributed by atoms with Crippen LogP contribution in [0.15, 0.2) is 30.3 Å². The Balaban J connectivity index is 2.45. The number of benzene rings is 1. The van der Waals surface area contributed by atoms with Crippen LogP contribution in [0.4, 0.5) is 0 Å². The zero-order valence-corrected chi connectivity index (χ0v) is 7.03. The van der Waals surface area contributed by atoms with Crippen LogP contribution in [-0.4, -0.2) is 4.99 Å². The van der Waals surface area contributed by atoms with Crippen LogP contribution in [0.3, 0.4) is 0 Å². The lowest BCUT2D eigenvalue weighted by Gasteiger charge is -1.97. The van der Waals surface area contributed by atoms with E-state index in [0.717, 1.165) is 6.42 Å². The molecule has 0 spiro atoms. The van der Waals surface area contributed by atoms with E-state index in [2.05, 4.69) is 24.4 Å². The predicted molar refractivity (Wildman–Crippen MR) is 50.5 cm³/mol. The molecule has 2 heteroatoms. The Morgan fingerprint density at radius 3 is 2.45 bits per heavy atom. The minimum Gasteiger partial charge on any atom is -0.294 e. The summed E-state index contributed by atoms with van der Waals surface area (Å²) in [6.45, 7) is 0. The smallest absolute Gasteiger partial charge is 0.0943 e. The van der Waals surface area contributed by atoms with Gasteiger partial charge in [-0.1, -0.05) is 42.5 Å². The lowest BCUT2D eigenvalue weighted by molar-refractivity contribution is 1.04. The molecule has 0 atom stereocenters. The van der Waals surface area contributed by atoms with Gasteiger partial charge in [0.25, 0.3) is 0 Å². The first-order chi connectivity index (χ1) is 5.29. The van der Waals surface area contributed by atoms with E-state index in [1.165, 1.54) is 5.56 Å². The van der Waals surface area contributed by atoms with Gasteiger partial charge in [0.1, 0.15) is 0 Å². The highest BCUT2D eigenvalue weighted by Gasteiger charge is 1.92. The molecule has 0 unspecified atom stereocenters. The fourth-order valence-electron chi connectivity index (χ4n) is 0.903. The third-order valence-corrected chi connectivity index (χ3v) is 1.69. The average molecular weight is 164 g/mol. The van der Waals surface area contributed by atoms with E-state index >= 15 is 0 Å². The first kappa shape index (κ1) is 8.21. The summed E-state index contributed by atoms with van der Waals surface area (Å²) >= 11 is 4.66. The molecule has 1 aromatic rings. The van der Waals surface area contributed by atoms with E-state index < -0.39 is 0 Å². The average Bonchev–Trinajstić information content (AvgIpc) is 2.03. The maximum atomic E-state index is 7.06. The largest absolute Gasteiger partial charge is 0.294 e. The summed E-state index contributed by atoms with van der Waals surface area (Å²) in [6.07, 6.45) is 1.59. The summed E-state index contributed by atoms with van der Waals surface area (Å²) in [4.78, 5) is 0.342. The van der Waals surface area contributed by atoms with Crippen molar-refractivity contribution in [3.63, 3.8) is 0 Å². The molecule has 0 heterocycles. The molecule has 0 fully saturated rings. The van der Waals surface area contributed by atoms with Crippen LogP contribution in [0, 0.1) is 0 Å². The molecule has 1 aromatic carbocycles. The molecule has 0 bridgehead atoms. The zero-order valence-electron chi connectivity index (χ0n) is 6.21. The van der Waals surface area contributed by atoms with Crippen LogP contribution in [0.5, 0.6) is 0 Å². The minimum atomic E-state index is 0.342. The van der Waals surface area contributed by atoms with Gasteiger partial charge in [0, 0.05) is 6.42 Å². The van der Waals surface area contributed by atoms with Gasteiger partial charge in [0.05, 0.1) is 4.99 Å². The van der Waals surface area contributed by atoms with E-state index in [9.17, 15) is 0 Å². The Hall–Kier alpha value is -0.890. The molecule has 1 nitrogen and oxygen atoms in total. The number of aryl methyl sites for hydroxylation is 1. The molecule has 0 aromatic heterocycles. The van der Waals surface area contributed by atoms with E-state index in [4.69, 9.17) is 5.73 Å².